The van der Waals surface area contributed by atoms with Crippen LogP contribution in [-0.4, -0.2) is 66.8 Å². The van der Waals surface area contributed by atoms with Crippen LogP contribution in [0.2, 0.25) is 0 Å². The maximum absolute atomic E-state index is 15.0. The third-order valence-corrected chi connectivity index (χ3v) is 11.6. The maximum atomic E-state index is 15.0. The lowest BCUT2D eigenvalue weighted by Gasteiger charge is -2.61. The van der Waals surface area contributed by atoms with E-state index in [9.17, 15) is 0 Å². The van der Waals surface area contributed by atoms with Crippen LogP contribution in [0.1, 0.15) is 60.8 Å². The summed E-state index contributed by atoms with van der Waals surface area (Å²) in [5.41, 5.74) is 7.24. The standard InChI is InChI=1S/C37H47N7O2/c1-24-5-6-25(2)33(32(24)23-46-4)43-22-29-21-38-35(39-30-7-9-31(10-8-30)42-13-11-41(3)12-14-42)40-34(29)44(36(43)45)37-18-26-15-27(19-37)17-28(16-26)20-37/h5-10,21,26-28H,11-20,22-23H2,1-4H3,(H,38,39,40). The normalized spacial score (nSPS) is 27.3. The smallest absolute Gasteiger partial charge is 0.331 e. The molecule has 9 rings (SSSR count). The summed E-state index contributed by atoms with van der Waals surface area (Å²) in [4.78, 5) is 33.9. The first-order valence-electron chi connectivity index (χ1n) is 17.2. The summed E-state index contributed by atoms with van der Waals surface area (Å²) in [5.74, 6) is 3.41. The average Bonchev–Trinajstić information content (AvgIpc) is 3.03. The molecule has 9 nitrogen and oxygen atoms in total. The fourth-order valence-corrected chi connectivity index (χ4v) is 9.66. The van der Waals surface area contributed by atoms with E-state index in [1.807, 2.05) is 11.1 Å². The molecule has 0 atom stereocenters. The first-order valence-corrected chi connectivity index (χ1v) is 17.2. The quantitative estimate of drug-likeness (QED) is 0.317. The number of rotatable bonds is 7. The number of urea groups is 1. The van der Waals surface area contributed by atoms with Crippen LogP contribution < -0.4 is 20.0 Å². The van der Waals surface area contributed by atoms with E-state index < -0.39 is 0 Å². The Morgan fingerprint density at radius 3 is 2.22 bits per heavy atom. The van der Waals surface area contributed by atoms with Gasteiger partial charge < -0.3 is 19.9 Å². The van der Waals surface area contributed by atoms with Gasteiger partial charge in [0.25, 0.3) is 0 Å². The van der Waals surface area contributed by atoms with Gasteiger partial charge in [-0.15, -0.1) is 0 Å². The zero-order valence-electron chi connectivity index (χ0n) is 27.8. The monoisotopic (exact) mass is 621 g/mol. The largest absolute Gasteiger partial charge is 0.380 e. The molecule has 1 aromatic heterocycles. The number of nitrogens with one attached hydrogen (secondary N) is 1. The highest BCUT2D eigenvalue weighted by Crippen LogP contribution is 2.59. The van der Waals surface area contributed by atoms with Crippen molar-refractivity contribution in [2.45, 2.75) is 71.1 Å². The fraction of sp³-hybridized carbons (Fsp3) is 0.541. The highest BCUT2D eigenvalue weighted by atomic mass is 16.5. The molecule has 6 aliphatic rings. The predicted molar refractivity (Wildman–Crippen MR) is 183 cm³/mol. The minimum atomic E-state index is -0.200. The minimum absolute atomic E-state index is 0.0432. The third kappa shape index (κ3) is 5.12. The molecule has 4 aliphatic carbocycles. The maximum Gasteiger partial charge on any atom is 0.331 e. The number of likely N-dealkylation sites (N-methyl/N-ethyl adjacent to an activating group) is 1. The van der Waals surface area contributed by atoms with Crippen LogP contribution in [0.25, 0.3) is 0 Å². The zero-order valence-corrected chi connectivity index (χ0v) is 27.8. The first-order chi connectivity index (χ1) is 22.3. The summed E-state index contributed by atoms with van der Waals surface area (Å²) >= 11 is 0. The number of hydrogen-bond donors (Lipinski definition) is 1. The number of benzene rings is 2. The summed E-state index contributed by atoms with van der Waals surface area (Å²) < 4.78 is 5.66. The molecule has 2 aromatic carbocycles. The number of piperazine rings is 1. The van der Waals surface area contributed by atoms with Crippen LogP contribution in [0.5, 0.6) is 0 Å². The van der Waals surface area contributed by atoms with Crippen molar-refractivity contribution in [2.75, 3.05) is 60.4 Å². The number of amides is 2. The second-order valence-electron chi connectivity index (χ2n) is 14.8. The highest BCUT2D eigenvalue weighted by molar-refractivity contribution is 6.07. The minimum Gasteiger partial charge on any atom is -0.380 e. The molecule has 1 saturated heterocycles. The Bertz CT molecular complexity index is 1600. The molecule has 1 N–H and O–H groups in total. The SMILES string of the molecule is COCc1c(C)ccc(C)c1N1Cc2cnc(Nc3ccc(N4CCN(C)CC4)cc3)nc2N(C23CC4CC(CC(C4)C2)C3)C1=O. The van der Waals surface area contributed by atoms with E-state index in [0.29, 0.717) is 36.9 Å². The van der Waals surface area contributed by atoms with Gasteiger partial charge in [-0.2, -0.15) is 4.98 Å². The molecular formula is C37H47N7O2. The summed E-state index contributed by atoms with van der Waals surface area (Å²) in [6, 6.07) is 12.9. The van der Waals surface area contributed by atoms with Gasteiger partial charge in [0, 0.05) is 62.0 Å². The molecule has 0 radical (unpaired) electrons. The first kappa shape index (κ1) is 29.7. The number of hydrogen-bond acceptors (Lipinski definition) is 7. The number of carbonyl (C=O) groups excluding carboxylic acids is 1. The van der Waals surface area contributed by atoms with Crippen LogP contribution in [-0.2, 0) is 17.9 Å². The van der Waals surface area contributed by atoms with Gasteiger partial charge in [-0.1, -0.05) is 12.1 Å². The second-order valence-corrected chi connectivity index (χ2v) is 14.8. The molecular weight excluding hydrogens is 574 g/mol. The number of aryl methyl sites for hydroxylation is 2. The summed E-state index contributed by atoms with van der Waals surface area (Å²) in [6.07, 6.45) is 9.08. The van der Waals surface area contributed by atoms with Crippen molar-refractivity contribution in [2.24, 2.45) is 17.8 Å². The number of aromatic nitrogens is 2. The molecule has 46 heavy (non-hydrogen) atoms. The van der Waals surface area contributed by atoms with Crippen molar-refractivity contribution in [1.29, 1.82) is 0 Å². The Balaban J connectivity index is 1.15. The van der Waals surface area contributed by atoms with Crippen molar-refractivity contribution in [1.82, 2.24) is 14.9 Å². The molecule has 3 aromatic rings. The molecule has 4 saturated carbocycles. The van der Waals surface area contributed by atoms with Gasteiger partial charge in [0.15, 0.2) is 0 Å². The number of methoxy groups -OCH3 is 1. The van der Waals surface area contributed by atoms with E-state index in [1.54, 1.807) is 7.11 Å². The average molecular weight is 622 g/mol. The molecule has 0 spiro atoms. The Morgan fingerprint density at radius 1 is 0.913 bits per heavy atom. The van der Waals surface area contributed by atoms with Gasteiger partial charge in [0.2, 0.25) is 5.95 Å². The predicted octanol–water partition coefficient (Wildman–Crippen LogP) is 6.65. The van der Waals surface area contributed by atoms with Crippen molar-refractivity contribution in [3.05, 3.63) is 64.8 Å². The Morgan fingerprint density at radius 2 is 1.57 bits per heavy atom. The molecule has 0 unspecified atom stereocenters. The number of ether oxygens (including phenoxy) is 1. The second kappa shape index (κ2) is 11.5. The molecule has 2 amide bonds. The summed E-state index contributed by atoms with van der Waals surface area (Å²) in [7, 11) is 3.91. The lowest BCUT2D eigenvalue weighted by atomic mass is 9.52. The Labute approximate surface area is 272 Å². The summed E-state index contributed by atoms with van der Waals surface area (Å²) in [5, 5.41) is 3.47. The lowest BCUT2D eigenvalue weighted by molar-refractivity contribution is -0.000912. The van der Waals surface area contributed by atoms with Crippen LogP contribution in [0, 0.1) is 31.6 Å². The van der Waals surface area contributed by atoms with Crippen LogP contribution >= 0.6 is 0 Å². The Kier molecular flexibility index (Phi) is 7.44. The molecule has 5 fully saturated rings. The number of carbonyl (C=O) groups is 1. The Hall–Kier alpha value is -3.69. The van der Waals surface area contributed by atoms with Gasteiger partial charge in [-0.25, -0.2) is 9.78 Å². The van der Waals surface area contributed by atoms with E-state index in [4.69, 9.17) is 14.7 Å². The van der Waals surface area contributed by atoms with Crippen molar-refractivity contribution < 1.29 is 9.53 Å². The van der Waals surface area contributed by atoms with Crippen LogP contribution in [0.15, 0.2) is 42.6 Å². The van der Waals surface area contributed by atoms with E-state index in [2.05, 4.69) is 77.3 Å². The molecule has 4 bridgehead atoms. The lowest BCUT2D eigenvalue weighted by Crippen LogP contribution is -2.65. The molecule has 9 heteroatoms. The summed E-state index contributed by atoms with van der Waals surface area (Å²) in [6.45, 7) is 9.35. The molecule has 3 heterocycles. The fourth-order valence-electron chi connectivity index (χ4n) is 9.66. The highest BCUT2D eigenvalue weighted by Gasteiger charge is 2.57. The zero-order chi connectivity index (χ0) is 31.6. The topological polar surface area (TPSA) is 77.1 Å². The van der Waals surface area contributed by atoms with Gasteiger partial charge >= 0.3 is 6.03 Å². The van der Waals surface area contributed by atoms with E-state index in [-0.39, 0.29) is 11.6 Å². The van der Waals surface area contributed by atoms with Crippen LogP contribution in [0.3, 0.4) is 0 Å². The van der Waals surface area contributed by atoms with Crippen molar-refractivity contribution in [3.8, 4) is 0 Å². The van der Waals surface area contributed by atoms with Gasteiger partial charge in [0.05, 0.1) is 24.4 Å². The number of fused-ring (bicyclic) bond motifs is 1. The number of nitrogens with zero attached hydrogens (tertiary/aromatic N) is 6. The third-order valence-electron chi connectivity index (χ3n) is 11.6. The van der Waals surface area contributed by atoms with Gasteiger partial charge in [-0.05, 0) is 113 Å². The van der Waals surface area contributed by atoms with E-state index in [0.717, 1.165) is 84.9 Å². The van der Waals surface area contributed by atoms with E-state index >= 15 is 4.79 Å². The molecule has 2 aliphatic heterocycles. The van der Waals surface area contributed by atoms with Crippen molar-refractivity contribution >= 4 is 34.9 Å². The van der Waals surface area contributed by atoms with Crippen LogP contribution in [0.4, 0.5) is 33.6 Å². The van der Waals surface area contributed by atoms with E-state index in [1.165, 1.54) is 24.9 Å². The number of anilines is 5. The van der Waals surface area contributed by atoms with Gasteiger partial charge in [0.1, 0.15) is 5.82 Å². The van der Waals surface area contributed by atoms with Gasteiger partial charge in [-0.3, -0.25) is 9.80 Å². The van der Waals surface area contributed by atoms with Crippen molar-refractivity contribution in [3.63, 3.8) is 0 Å². The molecule has 242 valence electrons.